The van der Waals surface area contributed by atoms with E-state index < -0.39 is 32.7 Å². The second-order valence-electron chi connectivity index (χ2n) is 14.8. The van der Waals surface area contributed by atoms with Gasteiger partial charge in [-0.1, -0.05) is 106 Å². The zero-order valence-electron chi connectivity index (χ0n) is 33.6. The summed E-state index contributed by atoms with van der Waals surface area (Å²) in [6.07, 6.45) is 38.4. The van der Waals surface area contributed by atoms with E-state index in [-0.39, 0.29) is 18.9 Å². The van der Waals surface area contributed by atoms with Crippen molar-refractivity contribution in [1.82, 2.24) is 5.32 Å². The first-order chi connectivity index (χ1) is 24.9. The van der Waals surface area contributed by atoms with Crippen molar-refractivity contribution in [3.63, 3.8) is 0 Å². The quantitative estimate of drug-likeness (QED) is 0.0255. The first-order valence-corrected chi connectivity index (χ1v) is 21.6. The molecular formula is C42H77N2O7P. The molecule has 0 fully saturated rings. The highest BCUT2D eigenvalue weighted by molar-refractivity contribution is 7.45. The lowest BCUT2D eigenvalue weighted by Crippen LogP contribution is -2.51. The Morgan fingerprint density at radius 3 is 1.85 bits per heavy atom. The van der Waals surface area contributed by atoms with Gasteiger partial charge < -0.3 is 34.0 Å². The van der Waals surface area contributed by atoms with Gasteiger partial charge in [0.25, 0.3) is 7.82 Å². The molecule has 0 aromatic carbocycles. The summed E-state index contributed by atoms with van der Waals surface area (Å²) >= 11 is 0. The Bertz CT molecular complexity index is 1050. The Kier molecular flexibility index (Phi) is 32.5. The molecule has 4 unspecified atom stereocenters. The van der Waals surface area contributed by atoms with Gasteiger partial charge in [0.15, 0.2) is 0 Å². The minimum atomic E-state index is -4.68. The number of allylic oxidation sites excluding steroid dienone is 10. The van der Waals surface area contributed by atoms with Gasteiger partial charge in [0.05, 0.1) is 39.9 Å². The van der Waals surface area contributed by atoms with E-state index in [0.717, 1.165) is 70.6 Å². The number of amides is 1. The summed E-state index contributed by atoms with van der Waals surface area (Å²) in [6, 6.07) is -1.11. The fourth-order valence-electron chi connectivity index (χ4n) is 5.32. The largest absolute Gasteiger partial charge is 0.756 e. The zero-order chi connectivity index (χ0) is 38.8. The van der Waals surface area contributed by atoms with E-state index in [9.17, 15) is 24.5 Å². The first kappa shape index (κ1) is 50.2. The van der Waals surface area contributed by atoms with E-state index in [1.54, 1.807) is 0 Å². The standard InChI is InChI=1S/C42H77N2O7P/c1-6-8-10-12-14-16-18-20-21-22-23-25-27-29-31-33-35-41(46)43-39(38-51-52(48,49)50-37-36-44(3,4)5)42(47)40(45)34-32-30-28-26-24-19-17-15-13-11-9-7-2/h7,9,15-18,21-22,26,28,39-40,42,45,47H,6,8,10-14,19-20,23-25,27,29-38H2,1-5H3,(H-,43,46,48,49)/b9-7+,17-15+,18-16-,22-21-,28-26+. The number of nitrogens with one attached hydrogen (secondary N) is 1. The number of rotatable bonds is 35. The highest BCUT2D eigenvalue weighted by atomic mass is 31.2. The Balaban J connectivity index is 4.67. The van der Waals surface area contributed by atoms with Crippen molar-refractivity contribution < 1.29 is 38.0 Å². The van der Waals surface area contributed by atoms with Gasteiger partial charge >= 0.3 is 0 Å². The van der Waals surface area contributed by atoms with Crippen LogP contribution in [0.3, 0.4) is 0 Å². The van der Waals surface area contributed by atoms with Crippen LogP contribution in [0.4, 0.5) is 0 Å². The molecule has 4 atom stereocenters. The maximum atomic E-state index is 12.8. The van der Waals surface area contributed by atoms with Crippen molar-refractivity contribution in [2.75, 3.05) is 40.9 Å². The summed E-state index contributed by atoms with van der Waals surface area (Å²) < 4.78 is 23.0. The van der Waals surface area contributed by atoms with Crippen molar-refractivity contribution in [3.8, 4) is 0 Å². The number of aliphatic hydroxyl groups excluding tert-OH is 2. The molecule has 0 radical (unpaired) electrons. The van der Waals surface area contributed by atoms with E-state index in [0.29, 0.717) is 30.3 Å². The van der Waals surface area contributed by atoms with Crippen LogP contribution in [0.25, 0.3) is 0 Å². The number of phosphoric ester groups is 1. The smallest absolute Gasteiger partial charge is 0.268 e. The van der Waals surface area contributed by atoms with Crippen LogP contribution < -0.4 is 10.2 Å². The van der Waals surface area contributed by atoms with Gasteiger partial charge in [0.1, 0.15) is 19.3 Å². The molecule has 10 heteroatoms. The second-order valence-corrected chi connectivity index (χ2v) is 16.2. The van der Waals surface area contributed by atoms with E-state index in [4.69, 9.17) is 9.05 Å². The molecule has 1 amide bonds. The normalized spacial score (nSPS) is 15.8. The number of phosphoric acid groups is 1. The molecule has 0 spiro atoms. The van der Waals surface area contributed by atoms with Gasteiger partial charge in [-0.2, -0.15) is 0 Å². The van der Waals surface area contributed by atoms with Crippen LogP contribution in [0.1, 0.15) is 142 Å². The van der Waals surface area contributed by atoms with E-state index in [2.05, 4.69) is 73.0 Å². The van der Waals surface area contributed by atoms with Gasteiger partial charge in [-0.05, 0) is 90.4 Å². The van der Waals surface area contributed by atoms with Crippen LogP contribution in [-0.4, -0.2) is 79.8 Å². The summed E-state index contributed by atoms with van der Waals surface area (Å²) in [5.41, 5.74) is 0. The average Bonchev–Trinajstić information content (AvgIpc) is 3.09. The SMILES string of the molecule is C/C=C/CC/C=C/CC/C=C/CCCC(O)C(O)C(COP(=O)([O-])OCC[N+](C)(C)C)NC(=O)CCCCCCC/C=C\C/C=C\CCCCCC. The summed E-state index contributed by atoms with van der Waals surface area (Å²) in [5.74, 6) is -0.313. The predicted molar refractivity (Wildman–Crippen MR) is 216 cm³/mol. The molecular weight excluding hydrogens is 675 g/mol. The third kappa shape index (κ3) is 34.0. The third-order valence-electron chi connectivity index (χ3n) is 8.62. The maximum absolute atomic E-state index is 12.8. The number of quaternary nitrogens is 1. The molecule has 0 saturated carbocycles. The molecule has 0 aliphatic rings. The summed E-state index contributed by atoms with van der Waals surface area (Å²) in [5, 5.41) is 24.5. The van der Waals surface area contributed by atoms with Crippen molar-refractivity contribution in [3.05, 3.63) is 60.8 Å². The highest BCUT2D eigenvalue weighted by Gasteiger charge is 2.29. The van der Waals surface area contributed by atoms with Gasteiger partial charge in [-0.15, -0.1) is 0 Å². The molecule has 0 heterocycles. The van der Waals surface area contributed by atoms with Crippen LogP contribution in [0.5, 0.6) is 0 Å². The topological polar surface area (TPSA) is 128 Å². The minimum absolute atomic E-state index is 0.0558. The second kappa shape index (κ2) is 33.7. The van der Waals surface area contributed by atoms with E-state index in [1.165, 1.54) is 32.1 Å². The summed E-state index contributed by atoms with van der Waals surface area (Å²) in [7, 11) is 1.07. The molecule has 302 valence electrons. The van der Waals surface area contributed by atoms with Crippen molar-refractivity contribution in [2.45, 2.75) is 161 Å². The number of hydrogen-bond acceptors (Lipinski definition) is 7. The average molecular weight is 753 g/mol. The minimum Gasteiger partial charge on any atom is -0.756 e. The Morgan fingerprint density at radius 1 is 0.731 bits per heavy atom. The lowest BCUT2D eigenvalue weighted by atomic mass is 10.0. The fraction of sp³-hybridized carbons (Fsp3) is 0.738. The lowest BCUT2D eigenvalue weighted by Gasteiger charge is -2.31. The summed E-state index contributed by atoms with van der Waals surface area (Å²) in [6.45, 7) is 4.13. The van der Waals surface area contributed by atoms with Crippen LogP contribution in [0.2, 0.25) is 0 Å². The molecule has 0 aromatic heterocycles. The van der Waals surface area contributed by atoms with Gasteiger partial charge in [-0.3, -0.25) is 9.36 Å². The number of carbonyl (C=O) groups is 1. The van der Waals surface area contributed by atoms with Crippen molar-refractivity contribution >= 4 is 13.7 Å². The third-order valence-corrected chi connectivity index (χ3v) is 9.58. The molecule has 9 nitrogen and oxygen atoms in total. The van der Waals surface area contributed by atoms with Gasteiger partial charge in [0, 0.05) is 6.42 Å². The molecule has 3 N–H and O–H groups in total. The van der Waals surface area contributed by atoms with Crippen molar-refractivity contribution in [2.24, 2.45) is 0 Å². The Morgan fingerprint density at radius 2 is 1.25 bits per heavy atom. The monoisotopic (exact) mass is 753 g/mol. The Hall–Kier alpha value is -1.84. The molecule has 0 aliphatic carbocycles. The number of unbranched alkanes of at least 4 members (excludes halogenated alkanes) is 12. The molecule has 0 bridgehead atoms. The number of carbonyl (C=O) groups excluding carboxylic acids is 1. The van der Waals surface area contributed by atoms with Gasteiger partial charge in [0.2, 0.25) is 5.91 Å². The highest BCUT2D eigenvalue weighted by Crippen LogP contribution is 2.38. The Labute approximate surface area is 318 Å². The number of nitrogens with zero attached hydrogens (tertiary/aromatic N) is 1. The molecule has 52 heavy (non-hydrogen) atoms. The number of hydrogen-bond donors (Lipinski definition) is 3. The molecule has 0 aromatic rings. The lowest BCUT2D eigenvalue weighted by molar-refractivity contribution is -0.870. The van der Waals surface area contributed by atoms with Crippen LogP contribution >= 0.6 is 7.82 Å². The molecule has 0 aliphatic heterocycles. The molecule has 0 saturated heterocycles. The zero-order valence-corrected chi connectivity index (χ0v) is 34.5. The van der Waals surface area contributed by atoms with E-state index in [1.807, 2.05) is 28.1 Å². The predicted octanol–water partition coefficient (Wildman–Crippen LogP) is 9.02. The van der Waals surface area contributed by atoms with Crippen molar-refractivity contribution in [1.29, 1.82) is 0 Å². The van der Waals surface area contributed by atoms with Crippen LogP contribution in [-0.2, 0) is 18.4 Å². The van der Waals surface area contributed by atoms with Crippen LogP contribution in [0, 0.1) is 0 Å². The van der Waals surface area contributed by atoms with E-state index >= 15 is 0 Å². The first-order valence-electron chi connectivity index (χ1n) is 20.2. The fourth-order valence-corrected chi connectivity index (χ4v) is 6.04. The maximum Gasteiger partial charge on any atom is 0.268 e. The van der Waals surface area contributed by atoms with Gasteiger partial charge in [-0.25, -0.2) is 0 Å². The van der Waals surface area contributed by atoms with Crippen LogP contribution in [0.15, 0.2) is 60.8 Å². The molecule has 0 rings (SSSR count). The number of likely N-dealkylation sites (N-methyl/N-ethyl adjacent to an activating group) is 1. The summed E-state index contributed by atoms with van der Waals surface area (Å²) in [4.78, 5) is 25.3. The number of aliphatic hydroxyl groups is 2.